The molecule has 122 valence electrons. The van der Waals surface area contributed by atoms with Gasteiger partial charge in [-0.2, -0.15) is 0 Å². The molecule has 5 heteroatoms. The third-order valence-corrected chi connectivity index (χ3v) is 3.98. The summed E-state index contributed by atoms with van der Waals surface area (Å²) in [5, 5.41) is 2.98. The number of nitrogens with one attached hydrogen (secondary N) is 1. The molecule has 1 saturated heterocycles. The summed E-state index contributed by atoms with van der Waals surface area (Å²) in [4.78, 5) is 16.2. The molecule has 0 saturated carbocycles. The largest absolute Gasteiger partial charge is 0.338 e. The topological polar surface area (TPSA) is 35.6 Å². The highest BCUT2D eigenvalue weighted by Gasteiger charge is 2.20. The summed E-state index contributed by atoms with van der Waals surface area (Å²) in [6.07, 6.45) is 1.01. The zero-order valence-electron chi connectivity index (χ0n) is 13.5. The molecule has 0 unspecified atom stereocenters. The van der Waals surface area contributed by atoms with Crippen LogP contribution in [0, 0.1) is 11.7 Å². The summed E-state index contributed by atoms with van der Waals surface area (Å²) < 4.78 is 12.9. The molecule has 1 aliphatic rings. The standard InChI is InChI=1S/C17H26FN3O/c1-14(2)7-8-19-17(22)21-11-9-20(10-12-21)13-15-3-5-16(18)6-4-15/h3-6,14H,7-13H2,1-2H3,(H,19,22). The number of carbonyl (C=O) groups excluding carboxylic acids is 1. The van der Waals surface area contributed by atoms with E-state index in [4.69, 9.17) is 0 Å². The van der Waals surface area contributed by atoms with Gasteiger partial charge in [-0.1, -0.05) is 26.0 Å². The summed E-state index contributed by atoms with van der Waals surface area (Å²) in [7, 11) is 0. The van der Waals surface area contributed by atoms with Gasteiger partial charge in [-0.3, -0.25) is 4.90 Å². The van der Waals surface area contributed by atoms with E-state index in [-0.39, 0.29) is 11.8 Å². The third-order valence-electron chi connectivity index (χ3n) is 3.98. The molecule has 0 spiro atoms. The molecule has 2 amide bonds. The number of benzene rings is 1. The quantitative estimate of drug-likeness (QED) is 0.908. The van der Waals surface area contributed by atoms with Gasteiger partial charge in [0.05, 0.1) is 0 Å². The maximum absolute atomic E-state index is 12.9. The van der Waals surface area contributed by atoms with Crippen molar-refractivity contribution in [2.75, 3.05) is 32.7 Å². The Morgan fingerprint density at radius 3 is 2.41 bits per heavy atom. The van der Waals surface area contributed by atoms with E-state index in [0.29, 0.717) is 5.92 Å². The molecule has 2 rings (SSSR count). The molecule has 1 heterocycles. The Morgan fingerprint density at radius 1 is 1.18 bits per heavy atom. The summed E-state index contributed by atoms with van der Waals surface area (Å²) in [6, 6.07) is 6.67. The molecule has 0 bridgehead atoms. The van der Waals surface area contributed by atoms with E-state index in [1.54, 1.807) is 0 Å². The third kappa shape index (κ3) is 5.30. The second kappa shape index (κ2) is 8.13. The molecule has 1 aliphatic heterocycles. The normalized spacial score (nSPS) is 16.1. The smallest absolute Gasteiger partial charge is 0.317 e. The lowest BCUT2D eigenvalue weighted by molar-refractivity contribution is 0.135. The molecule has 0 radical (unpaired) electrons. The highest BCUT2D eigenvalue weighted by Crippen LogP contribution is 2.10. The van der Waals surface area contributed by atoms with Crippen molar-refractivity contribution in [1.82, 2.24) is 15.1 Å². The molecule has 4 nitrogen and oxygen atoms in total. The number of carbonyl (C=O) groups is 1. The van der Waals surface area contributed by atoms with E-state index >= 15 is 0 Å². The van der Waals surface area contributed by atoms with Gasteiger partial charge in [0.1, 0.15) is 5.82 Å². The van der Waals surface area contributed by atoms with Crippen molar-refractivity contribution in [3.63, 3.8) is 0 Å². The zero-order chi connectivity index (χ0) is 15.9. The van der Waals surface area contributed by atoms with Gasteiger partial charge >= 0.3 is 6.03 Å². The SMILES string of the molecule is CC(C)CCNC(=O)N1CCN(Cc2ccc(F)cc2)CC1. The van der Waals surface area contributed by atoms with Gasteiger partial charge < -0.3 is 10.2 Å². The molecule has 1 aromatic carbocycles. The Morgan fingerprint density at radius 2 is 1.82 bits per heavy atom. The molecular formula is C17H26FN3O. The average molecular weight is 307 g/mol. The Kier molecular flexibility index (Phi) is 6.19. The second-order valence-corrected chi connectivity index (χ2v) is 6.30. The van der Waals surface area contributed by atoms with Crippen LogP contribution in [-0.4, -0.2) is 48.6 Å². The molecule has 0 aliphatic carbocycles. The maximum atomic E-state index is 12.9. The fraction of sp³-hybridized carbons (Fsp3) is 0.588. The lowest BCUT2D eigenvalue weighted by atomic mass is 10.1. The van der Waals surface area contributed by atoms with E-state index < -0.39 is 0 Å². The first-order valence-corrected chi connectivity index (χ1v) is 8.04. The van der Waals surface area contributed by atoms with Gasteiger partial charge in [-0.25, -0.2) is 9.18 Å². The number of urea groups is 1. The van der Waals surface area contributed by atoms with Crippen molar-refractivity contribution in [2.24, 2.45) is 5.92 Å². The zero-order valence-corrected chi connectivity index (χ0v) is 13.5. The van der Waals surface area contributed by atoms with Gasteiger partial charge in [0.2, 0.25) is 0 Å². The van der Waals surface area contributed by atoms with Gasteiger partial charge in [0, 0.05) is 39.3 Å². The minimum Gasteiger partial charge on any atom is -0.338 e. The number of rotatable bonds is 5. The maximum Gasteiger partial charge on any atom is 0.317 e. The Hall–Kier alpha value is -1.62. The average Bonchev–Trinajstić information content (AvgIpc) is 2.50. The fourth-order valence-corrected chi connectivity index (χ4v) is 2.54. The van der Waals surface area contributed by atoms with Crippen molar-refractivity contribution in [1.29, 1.82) is 0 Å². The molecule has 1 N–H and O–H groups in total. The monoisotopic (exact) mass is 307 g/mol. The van der Waals surface area contributed by atoms with E-state index in [1.165, 1.54) is 12.1 Å². The summed E-state index contributed by atoms with van der Waals surface area (Å²) in [5.41, 5.74) is 1.11. The molecule has 0 atom stereocenters. The first-order valence-electron chi connectivity index (χ1n) is 8.04. The van der Waals surface area contributed by atoms with Crippen LogP contribution in [0.4, 0.5) is 9.18 Å². The van der Waals surface area contributed by atoms with Crippen LogP contribution in [0.3, 0.4) is 0 Å². The van der Waals surface area contributed by atoms with Crippen molar-refractivity contribution in [2.45, 2.75) is 26.8 Å². The van der Waals surface area contributed by atoms with Crippen LogP contribution in [0.2, 0.25) is 0 Å². The number of piperazine rings is 1. The Bertz CT molecular complexity index is 467. The Labute approximate surface area is 132 Å². The Balaban J connectivity index is 1.71. The molecule has 1 aromatic rings. The second-order valence-electron chi connectivity index (χ2n) is 6.30. The summed E-state index contributed by atoms with van der Waals surface area (Å²) >= 11 is 0. The molecular weight excluding hydrogens is 281 g/mol. The van der Waals surface area contributed by atoms with E-state index in [0.717, 1.165) is 51.3 Å². The van der Waals surface area contributed by atoms with Crippen LogP contribution in [0.1, 0.15) is 25.8 Å². The number of amides is 2. The highest BCUT2D eigenvalue weighted by atomic mass is 19.1. The molecule has 22 heavy (non-hydrogen) atoms. The first kappa shape index (κ1) is 16.7. The predicted molar refractivity (Wildman–Crippen MR) is 86.1 cm³/mol. The lowest BCUT2D eigenvalue weighted by Crippen LogP contribution is -2.51. The summed E-state index contributed by atoms with van der Waals surface area (Å²) in [5.74, 6) is 0.402. The van der Waals surface area contributed by atoms with Crippen LogP contribution in [0.5, 0.6) is 0 Å². The van der Waals surface area contributed by atoms with Crippen LogP contribution in [0.15, 0.2) is 24.3 Å². The van der Waals surface area contributed by atoms with Gasteiger partial charge in [0.15, 0.2) is 0 Å². The van der Waals surface area contributed by atoms with Crippen molar-refractivity contribution >= 4 is 6.03 Å². The first-order chi connectivity index (χ1) is 10.5. The fourth-order valence-electron chi connectivity index (χ4n) is 2.54. The van der Waals surface area contributed by atoms with Crippen molar-refractivity contribution in [3.8, 4) is 0 Å². The van der Waals surface area contributed by atoms with E-state index in [1.807, 2.05) is 17.0 Å². The van der Waals surface area contributed by atoms with Gasteiger partial charge in [0.25, 0.3) is 0 Å². The number of nitrogens with zero attached hydrogens (tertiary/aromatic N) is 2. The van der Waals surface area contributed by atoms with Crippen LogP contribution in [0.25, 0.3) is 0 Å². The van der Waals surface area contributed by atoms with Crippen LogP contribution >= 0.6 is 0 Å². The number of hydrogen-bond acceptors (Lipinski definition) is 2. The summed E-state index contributed by atoms with van der Waals surface area (Å²) in [6.45, 7) is 9.06. The predicted octanol–water partition coefficient (Wildman–Crippen LogP) is 2.70. The van der Waals surface area contributed by atoms with Crippen molar-refractivity contribution in [3.05, 3.63) is 35.6 Å². The van der Waals surface area contributed by atoms with Crippen molar-refractivity contribution < 1.29 is 9.18 Å². The molecule has 0 aromatic heterocycles. The van der Waals surface area contributed by atoms with Crippen LogP contribution < -0.4 is 5.32 Å². The minimum atomic E-state index is -0.202. The number of halogens is 1. The van der Waals surface area contributed by atoms with Gasteiger partial charge in [-0.05, 0) is 30.0 Å². The van der Waals surface area contributed by atoms with Gasteiger partial charge in [-0.15, -0.1) is 0 Å². The number of hydrogen-bond donors (Lipinski definition) is 1. The lowest BCUT2D eigenvalue weighted by Gasteiger charge is -2.34. The highest BCUT2D eigenvalue weighted by molar-refractivity contribution is 5.74. The van der Waals surface area contributed by atoms with Crippen LogP contribution in [-0.2, 0) is 6.54 Å². The van der Waals surface area contributed by atoms with E-state index in [9.17, 15) is 9.18 Å². The minimum absolute atomic E-state index is 0.0436. The van der Waals surface area contributed by atoms with E-state index in [2.05, 4.69) is 24.1 Å². The molecule has 1 fully saturated rings.